The van der Waals surface area contributed by atoms with Crippen molar-refractivity contribution < 1.29 is 9.53 Å². The molecule has 0 aliphatic heterocycles. The van der Waals surface area contributed by atoms with E-state index < -0.39 is 0 Å². The summed E-state index contributed by atoms with van der Waals surface area (Å²) >= 11 is 4.91. The summed E-state index contributed by atoms with van der Waals surface area (Å²) in [5.41, 5.74) is 7.01. The van der Waals surface area contributed by atoms with Crippen molar-refractivity contribution in [3.63, 3.8) is 0 Å². The van der Waals surface area contributed by atoms with Gasteiger partial charge in [-0.25, -0.2) is 0 Å². The standard InChI is InChI=1S/C14H21N3O2S/c1-17(8-9-19-2)7-6-13(18)16-12-5-3-4-11(10-12)14(15)20/h3-5,10H,6-9H2,1-2H3,(H2,15,20)(H,16,18). The van der Waals surface area contributed by atoms with Gasteiger partial charge in [0.2, 0.25) is 5.91 Å². The third-order valence-electron chi connectivity index (χ3n) is 2.83. The van der Waals surface area contributed by atoms with Crippen molar-refractivity contribution in [2.75, 3.05) is 39.2 Å². The zero-order valence-electron chi connectivity index (χ0n) is 11.9. The molecule has 0 aliphatic rings. The van der Waals surface area contributed by atoms with Gasteiger partial charge in [0.25, 0.3) is 0 Å². The van der Waals surface area contributed by atoms with E-state index in [0.29, 0.717) is 30.2 Å². The molecule has 0 spiro atoms. The number of likely N-dealkylation sites (N-methyl/N-ethyl adjacent to an activating group) is 1. The molecule has 0 saturated heterocycles. The first-order valence-corrected chi connectivity index (χ1v) is 6.81. The van der Waals surface area contributed by atoms with Crippen molar-refractivity contribution in [1.29, 1.82) is 0 Å². The molecule has 0 aliphatic carbocycles. The number of anilines is 1. The molecule has 1 aromatic rings. The Hall–Kier alpha value is -1.50. The number of nitrogens with zero attached hydrogens (tertiary/aromatic N) is 1. The average molecular weight is 295 g/mol. The molecule has 0 aromatic heterocycles. The van der Waals surface area contributed by atoms with E-state index in [1.165, 1.54) is 0 Å². The Labute approximate surface area is 125 Å². The van der Waals surface area contributed by atoms with Crippen molar-refractivity contribution in [2.24, 2.45) is 5.73 Å². The third kappa shape index (κ3) is 6.10. The molecule has 0 saturated carbocycles. The highest BCUT2D eigenvalue weighted by Gasteiger charge is 2.06. The van der Waals surface area contributed by atoms with E-state index in [1.807, 2.05) is 25.2 Å². The van der Waals surface area contributed by atoms with Crippen LogP contribution in [0.15, 0.2) is 24.3 Å². The molecule has 20 heavy (non-hydrogen) atoms. The summed E-state index contributed by atoms with van der Waals surface area (Å²) in [7, 11) is 3.62. The number of rotatable bonds is 8. The van der Waals surface area contributed by atoms with Gasteiger partial charge in [0.1, 0.15) is 4.99 Å². The Kier molecular flexibility index (Phi) is 7.14. The first-order valence-electron chi connectivity index (χ1n) is 6.40. The number of amides is 1. The van der Waals surface area contributed by atoms with Gasteiger partial charge in [-0.1, -0.05) is 24.4 Å². The van der Waals surface area contributed by atoms with Crippen LogP contribution in [0.5, 0.6) is 0 Å². The topological polar surface area (TPSA) is 67.6 Å². The number of carbonyl (C=O) groups is 1. The van der Waals surface area contributed by atoms with E-state index in [2.05, 4.69) is 10.2 Å². The highest BCUT2D eigenvalue weighted by Crippen LogP contribution is 2.11. The quantitative estimate of drug-likeness (QED) is 0.706. The van der Waals surface area contributed by atoms with Gasteiger partial charge in [0.15, 0.2) is 0 Å². The summed E-state index contributed by atoms with van der Waals surface area (Å²) in [6, 6.07) is 7.22. The van der Waals surface area contributed by atoms with Crippen molar-refractivity contribution in [1.82, 2.24) is 4.90 Å². The van der Waals surface area contributed by atoms with Gasteiger partial charge in [0, 0.05) is 37.9 Å². The predicted molar refractivity (Wildman–Crippen MR) is 84.9 cm³/mol. The van der Waals surface area contributed by atoms with E-state index in [1.54, 1.807) is 13.2 Å². The lowest BCUT2D eigenvalue weighted by Gasteiger charge is -2.15. The summed E-state index contributed by atoms with van der Waals surface area (Å²) in [4.78, 5) is 14.2. The van der Waals surface area contributed by atoms with E-state index in [0.717, 1.165) is 12.1 Å². The Balaban J connectivity index is 2.42. The summed E-state index contributed by atoms with van der Waals surface area (Å²) in [6.45, 7) is 2.15. The molecular formula is C14H21N3O2S. The number of nitrogens with one attached hydrogen (secondary N) is 1. The number of thiocarbonyl (C=S) groups is 1. The average Bonchev–Trinajstić information content (AvgIpc) is 2.43. The maximum Gasteiger partial charge on any atom is 0.225 e. The minimum atomic E-state index is -0.0330. The summed E-state index contributed by atoms with van der Waals surface area (Å²) in [6.07, 6.45) is 0.428. The van der Waals surface area contributed by atoms with Crippen molar-refractivity contribution in [2.45, 2.75) is 6.42 Å². The van der Waals surface area contributed by atoms with Gasteiger partial charge in [-0.2, -0.15) is 0 Å². The number of benzene rings is 1. The number of methoxy groups -OCH3 is 1. The fourth-order valence-electron chi connectivity index (χ4n) is 1.63. The van der Waals surface area contributed by atoms with Crippen molar-refractivity contribution in [3.8, 4) is 0 Å². The molecule has 6 heteroatoms. The van der Waals surface area contributed by atoms with Crippen LogP contribution in [0.1, 0.15) is 12.0 Å². The molecular weight excluding hydrogens is 274 g/mol. The Bertz CT molecular complexity index is 465. The summed E-state index contributed by atoms with van der Waals surface area (Å²) < 4.78 is 4.98. The van der Waals surface area contributed by atoms with Gasteiger partial charge in [0.05, 0.1) is 6.61 Å². The second-order valence-corrected chi connectivity index (χ2v) is 4.98. The minimum absolute atomic E-state index is 0.0330. The lowest BCUT2D eigenvalue weighted by molar-refractivity contribution is -0.116. The zero-order chi connectivity index (χ0) is 15.0. The van der Waals surface area contributed by atoms with Crippen LogP contribution in [0.3, 0.4) is 0 Å². The first kappa shape index (κ1) is 16.6. The van der Waals surface area contributed by atoms with Crippen LogP contribution in [0.25, 0.3) is 0 Å². The molecule has 110 valence electrons. The lowest BCUT2D eigenvalue weighted by Crippen LogP contribution is -2.27. The Morgan fingerprint density at radius 1 is 1.45 bits per heavy atom. The summed E-state index contributed by atoms with van der Waals surface area (Å²) in [5.74, 6) is -0.0330. The van der Waals surface area contributed by atoms with Crippen LogP contribution in [0.2, 0.25) is 0 Å². The van der Waals surface area contributed by atoms with Crippen LogP contribution >= 0.6 is 12.2 Å². The maximum absolute atomic E-state index is 11.8. The van der Waals surface area contributed by atoms with Gasteiger partial charge < -0.3 is 20.7 Å². The highest BCUT2D eigenvalue weighted by molar-refractivity contribution is 7.80. The molecule has 1 rings (SSSR count). The minimum Gasteiger partial charge on any atom is -0.389 e. The largest absolute Gasteiger partial charge is 0.389 e. The normalized spacial score (nSPS) is 10.6. The number of hydrogen-bond acceptors (Lipinski definition) is 4. The monoisotopic (exact) mass is 295 g/mol. The second kappa shape index (κ2) is 8.63. The SMILES string of the molecule is COCCN(C)CCC(=O)Nc1cccc(C(N)=S)c1. The van der Waals surface area contributed by atoms with Crippen LogP contribution in [0, 0.1) is 0 Å². The Morgan fingerprint density at radius 3 is 2.85 bits per heavy atom. The van der Waals surface area contributed by atoms with Crippen molar-refractivity contribution in [3.05, 3.63) is 29.8 Å². The smallest absolute Gasteiger partial charge is 0.225 e. The van der Waals surface area contributed by atoms with Gasteiger partial charge in [-0.3, -0.25) is 4.79 Å². The van der Waals surface area contributed by atoms with Crippen LogP contribution < -0.4 is 11.1 Å². The van der Waals surface area contributed by atoms with Gasteiger partial charge >= 0.3 is 0 Å². The van der Waals surface area contributed by atoms with Crippen LogP contribution in [0.4, 0.5) is 5.69 Å². The number of hydrogen-bond donors (Lipinski definition) is 2. The molecule has 0 unspecified atom stereocenters. The fraction of sp³-hybridized carbons (Fsp3) is 0.429. The summed E-state index contributed by atoms with van der Waals surface area (Å²) in [5, 5.41) is 2.84. The third-order valence-corrected chi connectivity index (χ3v) is 3.06. The lowest BCUT2D eigenvalue weighted by atomic mass is 10.2. The molecule has 1 amide bonds. The van der Waals surface area contributed by atoms with E-state index in [4.69, 9.17) is 22.7 Å². The van der Waals surface area contributed by atoms with E-state index >= 15 is 0 Å². The van der Waals surface area contributed by atoms with E-state index in [-0.39, 0.29) is 5.91 Å². The van der Waals surface area contributed by atoms with Gasteiger partial charge in [-0.15, -0.1) is 0 Å². The highest BCUT2D eigenvalue weighted by atomic mass is 32.1. The fourth-order valence-corrected chi connectivity index (χ4v) is 1.75. The predicted octanol–water partition coefficient (Wildman–Crippen LogP) is 1.23. The van der Waals surface area contributed by atoms with E-state index in [9.17, 15) is 4.79 Å². The molecule has 5 nitrogen and oxygen atoms in total. The molecule has 0 fully saturated rings. The number of nitrogens with two attached hydrogens (primary N) is 1. The van der Waals surface area contributed by atoms with Crippen molar-refractivity contribution >= 4 is 28.8 Å². The number of ether oxygens (including phenoxy) is 1. The maximum atomic E-state index is 11.8. The molecule has 0 radical (unpaired) electrons. The zero-order valence-corrected chi connectivity index (χ0v) is 12.7. The van der Waals surface area contributed by atoms with Gasteiger partial charge in [-0.05, 0) is 19.2 Å². The number of carbonyl (C=O) groups excluding carboxylic acids is 1. The van der Waals surface area contributed by atoms with Crippen LogP contribution in [-0.4, -0.2) is 49.6 Å². The molecule has 0 heterocycles. The molecule has 1 aromatic carbocycles. The molecule has 3 N–H and O–H groups in total. The first-order chi connectivity index (χ1) is 9.52. The molecule has 0 atom stereocenters. The Morgan fingerprint density at radius 2 is 2.20 bits per heavy atom. The molecule has 0 bridgehead atoms. The second-order valence-electron chi connectivity index (χ2n) is 4.54. The van der Waals surface area contributed by atoms with Crippen LogP contribution in [-0.2, 0) is 9.53 Å².